The average Bonchev–Trinajstić information content (AvgIpc) is 2.90. The van der Waals surface area contributed by atoms with Crippen LogP contribution in [0.1, 0.15) is 38.8 Å². The van der Waals surface area contributed by atoms with E-state index in [-0.39, 0.29) is 0 Å². The summed E-state index contributed by atoms with van der Waals surface area (Å²) in [5.41, 5.74) is 9.28. The van der Waals surface area contributed by atoms with E-state index < -0.39 is 0 Å². The maximum absolute atomic E-state index is 4.93. The highest BCUT2D eigenvalue weighted by Crippen LogP contribution is 2.27. The van der Waals surface area contributed by atoms with Crippen LogP contribution in [0, 0.1) is 24.7 Å². The summed E-state index contributed by atoms with van der Waals surface area (Å²) in [5.74, 6) is 2.01. The van der Waals surface area contributed by atoms with Gasteiger partial charge < -0.3 is 0 Å². The van der Waals surface area contributed by atoms with Gasteiger partial charge in [0.25, 0.3) is 0 Å². The third kappa shape index (κ3) is 5.43. The molecule has 4 nitrogen and oxygen atoms in total. The lowest BCUT2D eigenvalue weighted by molar-refractivity contribution is -0.538. The molecule has 4 heteroatoms. The van der Waals surface area contributed by atoms with Crippen molar-refractivity contribution in [2.75, 3.05) is 0 Å². The Labute approximate surface area is 219 Å². The van der Waals surface area contributed by atoms with E-state index in [1.165, 1.54) is 11.1 Å². The Balaban J connectivity index is 1.49. The van der Waals surface area contributed by atoms with Crippen LogP contribution in [0.15, 0.2) is 101 Å². The molecule has 0 atom stereocenters. The van der Waals surface area contributed by atoms with Crippen molar-refractivity contribution in [2.45, 2.75) is 41.0 Å². The minimum atomic E-state index is 0.668. The predicted octanol–water partition coefficient (Wildman–Crippen LogP) is 8.86. The Kier molecular flexibility index (Phi) is 7.09. The van der Waals surface area contributed by atoms with E-state index >= 15 is 0 Å². The summed E-state index contributed by atoms with van der Waals surface area (Å²) in [6, 6.07) is 31.4. The van der Waals surface area contributed by atoms with Gasteiger partial charge in [0.15, 0.2) is 0 Å². The fourth-order valence-corrected chi connectivity index (χ4v) is 5.20. The molecule has 0 aliphatic carbocycles. The summed E-state index contributed by atoms with van der Waals surface area (Å²) in [4.78, 5) is 4.93. The molecule has 0 saturated heterocycles. The van der Waals surface area contributed by atoms with Gasteiger partial charge in [-0.15, -0.1) is 4.57 Å². The first-order valence-electron chi connectivity index (χ1n) is 13.2. The molecule has 1 heterocycles. The highest BCUT2D eigenvalue weighted by Gasteiger charge is 2.20. The van der Waals surface area contributed by atoms with Crippen LogP contribution in [0.5, 0.6) is 0 Å². The van der Waals surface area contributed by atoms with Gasteiger partial charge in [0.05, 0.1) is 11.4 Å². The van der Waals surface area contributed by atoms with Gasteiger partial charge in [-0.2, -0.15) is 10.2 Å². The molecule has 4 aromatic carbocycles. The number of benzene rings is 4. The maximum atomic E-state index is 4.93. The van der Waals surface area contributed by atoms with Crippen LogP contribution in [0.3, 0.4) is 0 Å². The third-order valence-corrected chi connectivity index (χ3v) is 7.23. The maximum Gasteiger partial charge on any atom is 0.239 e. The van der Waals surface area contributed by atoms with E-state index in [2.05, 4.69) is 122 Å². The second kappa shape index (κ2) is 10.6. The highest BCUT2D eigenvalue weighted by atomic mass is 15.1. The standard InChI is InChI=1S/C33H35N4/c1-22(2)29(23(3)4)20-25-12-14-26(15-13-25)35-36-27-16-18-31-33(21-27)37(28-9-7-6-8-10-28)32-19-24(5)11-17-30(32)34-31/h6-19,21-23,29H,20H2,1-5H3/q+1. The van der Waals surface area contributed by atoms with Gasteiger partial charge in [0, 0.05) is 24.3 Å². The molecule has 0 fully saturated rings. The molecule has 1 aromatic heterocycles. The zero-order valence-electron chi connectivity index (χ0n) is 22.4. The number of aromatic nitrogens is 2. The largest absolute Gasteiger partial charge is 0.239 e. The molecule has 5 aromatic rings. The molecule has 0 aliphatic rings. The summed E-state index contributed by atoms with van der Waals surface area (Å²) in [5, 5.41) is 9.14. The Hall–Kier alpha value is -3.92. The number of aryl methyl sites for hydroxylation is 1. The van der Waals surface area contributed by atoms with Gasteiger partial charge >= 0.3 is 0 Å². The summed E-state index contributed by atoms with van der Waals surface area (Å²) in [6.07, 6.45) is 1.09. The van der Waals surface area contributed by atoms with E-state index in [0.29, 0.717) is 17.8 Å². The van der Waals surface area contributed by atoms with E-state index in [9.17, 15) is 0 Å². The van der Waals surface area contributed by atoms with Gasteiger partial charge in [-0.3, -0.25) is 0 Å². The van der Waals surface area contributed by atoms with Gasteiger partial charge in [0.1, 0.15) is 11.0 Å². The van der Waals surface area contributed by atoms with Crippen LogP contribution >= 0.6 is 0 Å². The number of rotatable bonds is 7. The topological polar surface area (TPSA) is 41.5 Å². The fraction of sp³-hybridized carbons (Fsp3) is 0.273. The zero-order chi connectivity index (χ0) is 25.9. The molecule has 186 valence electrons. The molecule has 0 N–H and O–H groups in total. The SMILES string of the molecule is Cc1ccc2nc3ccc(/N=N\c4ccc(CC(C(C)C)C(C)C)cc4)cc3[n+](-c3ccccc3)c2c1. The smallest absolute Gasteiger partial charge is 0.235 e. The van der Waals surface area contributed by atoms with Crippen molar-refractivity contribution in [1.29, 1.82) is 0 Å². The fourth-order valence-electron chi connectivity index (χ4n) is 5.20. The molecule has 0 radical (unpaired) electrons. The van der Waals surface area contributed by atoms with Gasteiger partial charge in [-0.25, -0.2) is 4.98 Å². The number of para-hydroxylation sites is 1. The average molecular weight is 488 g/mol. The molecule has 0 unspecified atom stereocenters. The van der Waals surface area contributed by atoms with Crippen LogP contribution in [0.2, 0.25) is 0 Å². The minimum absolute atomic E-state index is 0.668. The molecule has 0 saturated carbocycles. The molecule has 0 aliphatic heterocycles. The van der Waals surface area contributed by atoms with Crippen LogP contribution in [0.25, 0.3) is 27.8 Å². The van der Waals surface area contributed by atoms with Crippen LogP contribution in [-0.2, 0) is 6.42 Å². The van der Waals surface area contributed by atoms with Crippen molar-refractivity contribution in [2.24, 2.45) is 28.0 Å². The van der Waals surface area contributed by atoms with E-state index in [4.69, 9.17) is 4.98 Å². The van der Waals surface area contributed by atoms with Gasteiger partial charge in [-0.05, 0) is 72.6 Å². The lowest BCUT2D eigenvalue weighted by atomic mass is 9.81. The Bertz CT molecular complexity index is 1540. The van der Waals surface area contributed by atoms with Crippen molar-refractivity contribution in [1.82, 2.24) is 4.98 Å². The number of fused-ring (bicyclic) bond motifs is 2. The van der Waals surface area contributed by atoms with Crippen molar-refractivity contribution < 1.29 is 4.57 Å². The number of nitrogens with zero attached hydrogens (tertiary/aromatic N) is 4. The lowest BCUT2D eigenvalue weighted by Gasteiger charge is -2.24. The van der Waals surface area contributed by atoms with E-state index in [1.807, 2.05) is 18.2 Å². The first-order valence-corrected chi connectivity index (χ1v) is 13.2. The number of hydrogen-bond acceptors (Lipinski definition) is 3. The van der Waals surface area contributed by atoms with E-state index in [0.717, 1.165) is 45.5 Å². The quantitative estimate of drug-likeness (QED) is 0.128. The molecule has 5 rings (SSSR count). The van der Waals surface area contributed by atoms with Gasteiger partial charge in [0.2, 0.25) is 16.7 Å². The number of azo groups is 1. The summed E-state index contributed by atoms with van der Waals surface area (Å²) >= 11 is 0. The van der Waals surface area contributed by atoms with Crippen LogP contribution in [0.4, 0.5) is 11.4 Å². The van der Waals surface area contributed by atoms with Crippen molar-refractivity contribution in [3.63, 3.8) is 0 Å². The molecule has 0 amide bonds. The summed E-state index contributed by atoms with van der Waals surface area (Å²) < 4.78 is 2.26. The second-order valence-corrected chi connectivity index (χ2v) is 10.7. The molecule has 0 bridgehead atoms. The zero-order valence-corrected chi connectivity index (χ0v) is 22.4. The van der Waals surface area contributed by atoms with E-state index in [1.54, 1.807) is 0 Å². The highest BCUT2D eigenvalue weighted by molar-refractivity contribution is 5.84. The molecular formula is C33H35N4+. The monoisotopic (exact) mass is 487 g/mol. The van der Waals surface area contributed by atoms with Crippen LogP contribution in [-0.4, -0.2) is 4.98 Å². The number of hydrogen-bond donors (Lipinski definition) is 0. The Morgan fingerprint density at radius 3 is 1.95 bits per heavy atom. The molecule has 0 spiro atoms. The molecule has 37 heavy (non-hydrogen) atoms. The van der Waals surface area contributed by atoms with Gasteiger partial charge in [-0.1, -0.05) is 64.1 Å². The Morgan fingerprint density at radius 2 is 1.27 bits per heavy atom. The second-order valence-electron chi connectivity index (χ2n) is 10.7. The first kappa shape index (κ1) is 24.8. The van der Waals surface area contributed by atoms with Crippen molar-refractivity contribution in [3.8, 4) is 5.69 Å². The summed E-state index contributed by atoms with van der Waals surface area (Å²) in [7, 11) is 0. The molecular weight excluding hydrogens is 452 g/mol. The van der Waals surface area contributed by atoms with Crippen molar-refractivity contribution >= 4 is 33.4 Å². The predicted molar refractivity (Wildman–Crippen MR) is 153 cm³/mol. The Morgan fingerprint density at radius 1 is 0.676 bits per heavy atom. The van der Waals surface area contributed by atoms with Crippen molar-refractivity contribution in [3.05, 3.63) is 102 Å². The minimum Gasteiger partial charge on any atom is -0.235 e. The lowest BCUT2D eigenvalue weighted by Crippen LogP contribution is -2.33. The first-order chi connectivity index (χ1) is 17.9. The summed E-state index contributed by atoms with van der Waals surface area (Å²) in [6.45, 7) is 11.4. The normalized spacial score (nSPS) is 12.1. The van der Waals surface area contributed by atoms with Crippen LogP contribution < -0.4 is 4.57 Å². The third-order valence-electron chi connectivity index (χ3n) is 7.23.